The molecule has 0 aliphatic rings. The van der Waals surface area contributed by atoms with E-state index in [4.69, 9.17) is 91.9 Å². The van der Waals surface area contributed by atoms with Gasteiger partial charge in [-0.25, -0.2) is 0 Å². The molecule has 0 aliphatic carbocycles. The Kier molecular flexibility index (Phi) is 81.6. The van der Waals surface area contributed by atoms with Gasteiger partial charge in [0.15, 0.2) is 0 Å². The summed E-state index contributed by atoms with van der Waals surface area (Å²) in [6, 6.07) is 0. The summed E-state index contributed by atoms with van der Waals surface area (Å²) in [7, 11) is 0. The van der Waals surface area contributed by atoms with Crippen molar-refractivity contribution in [2.24, 2.45) is 0 Å². The summed E-state index contributed by atoms with van der Waals surface area (Å²) < 4.78 is 0. The molecule has 0 unspecified atom stereocenters. The summed E-state index contributed by atoms with van der Waals surface area (Å²) in [4.78, 5) is 49.5. The van der Waals surface area contributed by atoms with E-state index in [2.05, 4.69) is 0 Å². The van der Waals surface area contributed by atoms with Crippen LogP contribution in [0.1, 0.15) is 0 Å². The molecular weight excluding hydrogens is 484 g/mol. The van der Waals surface area contributed by atoms with Crippen LogP contribution in [0.4, 0.5) is 0 Å². The molecule has 0 aromatic carbocycles. The van der Waals surface area contributed by atoms with Gasteiger partial charge >= 0.3 is 21.1 Å². The number of hydrogen-bond donors (Lipinski definition) is 0. The minimum atomic E-state index is -1.75. The van der Waals surface area contributed by atoms with Gasteiger partial charge in [0.1, 0.15) is 0 Å². The fraction of sp³-hybridized carbons (Fsp3) is 0. The van der Waals surface area contributed by atoms with E-state index in [9.17, 15) is 0 Å². The van der Waals surface area contributed by atoms with Crippen LogP contribution in [-0.4, -0.2) is 36.0 Å². The van der Waals surface area contributed by atoms with Crippen LogP contribution in [0.25, 0.3) is 0 Å². The zero-order valence-electron chi connectivity index (χ0n) is 10.9. The van der Waals surface area contributed by atoms with E-state index < -0.39 is 30.5 Å². The Balaban J connectivity index is -0.0000000245. The van der Waals surface area contributed by atoms with Gasteiger partial charge in [0.25, 0.3) is 0 Å². The quantitative estimate of drug-likeness (QED) is 0.198. The average Bonchev–Trinajstić information content (AvgIpc) is 2.08. The first kappa shape index (κ1) is 49.5. The zero-order chi connectivity index (χ0) is 21.5. The summed E-state index contributed by atoms with van der Waals surface area (Å²) >= 11 is 0. The second-order valence-corrected chi connectivity index (χ2v) is 1.34. The Hall–Kier alpha value is -4.15. The van der Waals surface area contributed by atoms with Crippen molar-refractivity contribution in [1.82, 2.24) is 0 Å². The minimum absolute atomic E-state index is 0. The van der Waals surface area contributed by atoms with Crippen LogP contribution in [0.3, 0.4) is 0 Å². The van der Waals surface area contributed by atoms with E-state index in [-0.39, 0.29) is 26.5 Å². The molecule has 0 rings (SSSR count). The Morgan fingerprint density at radius 3 is 0.308 bits per heavy atom. The zero-order valence-corrected chi connectivity index (χ0v) is 12.9. The molecule has 0 saturated carbocycles. The van der Waals surface area contributed by atoms with Crippen molar-refractivity contribution in [2.45, 2.75) is 0 Å². The second-order valence-electron chi connectivity index (χ2n) is 1.34. The Morgan fingerprint density at radius 1 is 0.308 bits per heavy atom. The van der Waals surface area contributed by atoms with Crippen molar-refractivity contribution in [2.75, 3.05) is 0 Å². The van der Waals surface area contributed by atoms with Gasteiger partial charge in [-0.2, -0.15) is 0 Å². The fourth-order valence-electron chi connectivity index (χ4n) is 0. The molecule has 0 heterocycles. The normalized spacial score (nSPS) is 5.54. The second kappa shape index (κ2) is 42.8. The monoisotopic (exact) mass is 488 g/mol. The molecule has 26 heteroatoms. The van der Waals surface area contributed by atoms with Crippen molar-refractivity contribution >= 4 is 0 Å². The molecule has 0 aromatic rings. The van der Waals surface area contributed by atoms with Crippen LogP contribution >= 0.6 is 0 Å². The third kappa shape index (κ3) is 409. The third-order valence-electron chi connectivity index (χ3n) is 0. The summed E-state index contributed by atoms with van der Waals surface area (Å²) in [6.45, 7) is 0. The molecule has 0 amide bonds. The van der Waals surface area contributed by atoms with Crippen molar-refractivity contribution in [1.29, 1.82) is 0 Å². The maximum absolute atomic E-state index is 8.25. The molecule has 152 valence electrons. The molecule has 2 N–H and O–H groups in total. The molecule has 0 aliphatic heterocycles. The van der Waals surface area contributed by atoms with E-state index >= 15 is 0 Å². The van der Waals surface area contributed by atoms with Gasteiger partial charge in [-0.3, -0.25) is 0 Å². The molecule has 0 atom stereocenters. The summed E-state index contributed by atoms with van der Waals surface area (Å²) in [5, 5.41) is 88.5. The molecule has 25 nitrogen and oxygen atoms in total. The maximum atomic E-state index is 8.25. The van der Waals surface area contributed by atoms with Crippen molar-refractivity contribution < 1.29 is 57.1 Å². The topological polar surface area (TPSA) is 429 Å². The van der Waals surface area contributed by atoms with Crippen LogP contribution in [0.2, 0.25) is 0 Å². The van der Waals surface area contributed by atoms with Crippen molar-refractivity contribution in [3.63, 3.8) is 0 Å². The van der Waals surface area contributed by atoms with Gasteiger partial charge in [-0.05, 0) is 0 Å². The van der Waals surface area contributed by atoms with E-state index in [1.165, 1.54) is 0 Å². The largest absolute Gasteiger partial charge is 6.00 e. The molecular formula is H2MoN6O19. The molecule has 0 bridgehead atoms. The SMILES string of the molecule is O.O=[N+]([O-])[O-].O=[N+]([O-])[O-].O=[N+]([O-])[O-].O=[N+]([O-])[O-].O=[N+]([O-])[O-].O=[N+]([O-])[O-].[Mo+6]. The smallest absolute Gasteiger partial charge is 0.412 e. The fourth-order valence-corrected chi connectivity index (χ4v) is 0. The van der Waals surface area contributed by atoms with E-state index in [1.54, 1.807) is 0 Å². The summed E-state index contributed by atoms with van der Waals surface area (Å²) in [5.41, 5.74) is 0. The van der Waals surface area contributed by atoms with Gasteiger partial charge < -0.3 is 97.4 Å². The predicted molar refractivity (Wildman–Crippen MR) is 65.8 cm³/mol. The summed E-state index contributed by atoms with van der Waals surface area (Å²) in [6.07, 6.45) is 0. The van der Waals surface area contributed by atoms with E-state index in [0.29, 0.717) is 0 Å². The van der Waals surface area contributed by atoms with Crippen LogP contribution in [-0.2, 0) is 21.1 Å². The molecule has 0 radical (unpaired) electrons. The van der Waals surface area contributed by atoms with Crippen LogP contribution in [0.5, 0.6) is 0 Å². The van der Waals surface area contributed by atoms with Crippen molar-refractivity contribution in [3.05, 3.63) is 91.9 Å². The molecule has 0 aromatic heterocycles. The van der Waals surface area contributed by atoms with Gasteiger partial charge in [-0.1, -0.05) is 0 Å². The third-order valence-corrected chi connectivity index (χ3v) is 0. The van der Waals surface area contributed by atoms with Crippen LogP contribution in [0.15, 0.2) is 0 Å². The van der Waals surface area contributed by atoms with Gasteiger partial charge in [0.05, 0.1) is 30.5 Å². The first-order valence-corrected chi connectivity index (χ1v) is 3.29. The predicted octanol–water partition coefficient (Wildman–Crippen LogP) is -2.26. The summed E-state index contributed by atoms with van der Waals surface area (Å²) in [5.74, 6) is 0. The minimum Gasteiger partial charge on any atom is -0.412 e. The van der Waals surface area contributed by atoms with Crippen LogP contribution < -0.4 is 0 Å². The number of nitrogens with zero attached hydrogens (tertiary/aromatic N) is 6. The van der Waals surface area contributed by atoms with Crippen LogP contribution in [0, 0.1) is 91.9 Å². The Morgan fingerprint density at radius 2 is 0.308 bits per heavy atom. The van der Waals surface area contributed by atoms with Gasteiger partial charge in [0.2, 0.25) is 0 Å². The maximum Gasteiger partial charge on any atom is 6.00 e. The first-order chi connectivity index (χ1) is 10.4. The molecule has 0 spiro atoms. The standard InChI is InChI=1S/Mo.6NO3.H2O/c;6*2-1(3)4;/h;;;;;;;1H2/q+6;6*-1;. The first-order valence-electron chi connectivity index (χ1n) is 3.29. The number of rotatable bonds is 0. The van der Waals surface area contributed by atoms with Gasteiger partial charge in [0, 0.05) is 0 Å². The molecule has 26 heavy (non-hydrogen) atoms. The Bertz CT molecular complexity index is 257. The Labute approximate surface area is 150 Å². The van der Waals surface area contributed by atoms with E-state index in [1.807, 2.05) is 0 Å². The van der Waals surface area contributed by atoms with E-state index in [0.717, 1.165) is 0 Å². The molecule has 0 fully saturated rings. The average molecular weight is 486 g/mol. The molecule has 0 saturated heterocycles. The van der Waals surface area contributed by atoms with Gasteiger partial charge in [-0.15, -0.1) is 0 Å². The van der Waals surface area contributed by atoms with Crippen molar-refractivity contribution in [3.8, 4) is 0 Å². The number of hydrogen-bond acceptors (Lipinski definition) is 18.